The van der Waals surface area contributed by atoms with Gasteiger partial charge in [0, 0.05) is 6.20 Å². The number of nitrogens with zero attached hydrogens (tertiary/aromatic N) is 5. The van der Waals surface area contributed by atoms with Gasteiger partial charge in [-0.05, 0) is 18.8 Å². The van der Waals surface area contributed by atoms with E-state index in [2.05, 4.69) is 27.1 Å². The largest absolute Gasteiger partial charge is 0.478 e. The Morgan fingerprint density at radius 1 is 1.32 bits per heavy atom. The number of carboxylic acids is 1. The van der Waals surface area contributed by atoms with Crippen LogP contribution in [0.4, 0.5) is 0 Å². The van der Waals surface area contributed by atoms with Gasteiger partial charge < -0.3 is 5.11 Å². The van der Waals surface area contributed by atoms with E-state index < -0.39 is 5.97 Å². The number of aromatic carboxylic acids is 1. The fourth-order valence-electron chi connectivity index (χ4n) is 3.52. The molecule has 0 aromatic carbocycles. The second-order valence-corrected chi connectivity index (χ2v) is 6.62. The van der Waals surface area contributed by atoms with Crippen molar-refractivity contribution in [2.45, 2.75) is 38.6 Å². The van der Waals surface area contributed by atoms with Crippen LogP contribution in [0.15, 0.2) is 23.4 Å². The molecule has 2 N–H and O–H groups in total. The first-order valence-corrected chi connectivity index (χ1v) is 8.29. The molecule has 0 saturated heterocycles. The van der Waals surface area contributed by atoms with Gasteiger partial charge in [-0.2, -0.15) is 10.2 Å². The van der Waals surface area contributed by atoms with E-state index in [1.807, 2.05) is 0 Å². The van der Waals surface area contributed by atoms with Crippen LogP contribution < -0.4 is 5.56 Å². The van der Waals surface area contributed by atoms with E-state index in [4.69, 9.17) is 5.11 Å². The van der Waals surface area contributed by atoms with E-state index in [1.165, 1.54) is 23.5 Å². The Labute approximate surface area is 142 Å². The zero-order chi connectivity index (χ0) is 17.6. The second kappa shape index (κ2) is 5.83. The molecule has 1 saturated carbocycles. The lowest BCUT2D eigenvalue weighted by Gasteiger charge is -2.27. The van der Waals surface area contributed by atoms with Crippen LogP contribution in [0.5, 0.6) is 0 Å². The fraction of sp³-hybridized carbons (Fsp3) is 0.438. The maximum Gasteiger partial charge on any atom is 0.338 e. The number of carboxylic acid groups (broad SMARTS) is 1. The van der Waals surface area contributed by atoms with Gasteiger partial charge in [0.05, 0.1) is 24.0 Å². The third kappa shape index (κ3) is 2.71. The highest BCUT2D eigenvalue weighted by atomic mass is 16.4. The summed E-state index contributed by atoms with van der Waals surface area (Å²) in [5.41, 5.74) is 0.649. The highest BCUT2D eigenvalue weighted by Gasteiger charge is 2.24. The third-order valence-corrected chi connectivity index (χ3v) is 4.74. The van der Waals surface area contributed by atoms with E-state index in [0.717, 1.165) is 19.3 Å². The van der Waals surface area contributed by atoms with Gasteiger partial charge in [-0.1, -0.05) is 19.8 Å². The molecule has 3 aromatic heterocycles. The van der Waals surface area contributed by atoms with E-state index in [0.29, 0.717) is 17.0 Å². The van der Waals surface area contributed by atoms with Crippen LogP contribution in [-0.4, -0.2) is 40.6 Å². The summed E-state index contributed by atoms with van der Waals surface area (Å²) in [7, 11) is 0. The van der Waals surface area contributed by atoms with Gasteiger partial charge in [0.15, 0.2) is 5.52 Å². The molecular weight excluding hydrogens is 324 g/mol. The first-order chi connectivity index (χ1) is 12.0. The normalized spacial score (nSPS) is 20.8. The predicted molar refractivity (Wildman–Crippen MR) is 88.9 cm³/mol. The summed E-state index contributed by atoms with van der Waals surface area (Å²) in [5.74, 6) is -0.307. The van der Waals surface area contributed by atoms with E-state index >= 15 is 0 Å². The van der Waals surface area contributed by atoms with Crippen molar-refractivity contribution in [3.05, 3.63) is 34.5 Å². The number of hydrogen-bond donors (Lipinski definition) is 2. The molecule has 0 radical (unpaired) electrons. The number of aromatic amines is 1. The number of aromatic nitrogens is 6. The SMILES string of the molecule is CC1CCCC(n2ncc3nc(-n4cc(C(=O)O)cn4)[nH]c(=O)c32)C1. The van der Waals surface area contributed by atoms with Gasteiger partial charge in [-0.15, -0.1) is 0 Å². The number of carbonyl (C=O) groups is 1. The zero-order valence-corrected chi connectivity index (χ0v) is 13.7. The summed E-state index contributed by atoms with van der Waals surface area (Å²) in [4.78, 5) is 30.6. The minimum Gasteiger partial charge on any atom is -0.478 e. The summed E-state index contributed by atoms with van der Waals surface area (Å²) in [5, 5.41) is 17.3. The highest BCUT2D eigenvalue weighted by molar-refractivity contribution is 5.87. The molecule has 3 aromatic rings. The van der Waals surface area contributed by atoms with E-state index in [9.17, 15) is 9.59 Å². The van der Waals surface area contributed by atoms with Crippen LogP contribution in [0, 0.1) is 5.92 Å². The Morgan fingerprint density at radius 3 is 2.88 bits per heavy atom. The Kier molecular flexibility index (Phi) is 3.63. The minimum absolute atomic E-state index is 0.0228. The summed E-state index contributed by atoms with van der Waals surface area (Å²) >= 11 is 0. The van der Waals surface area contributed by atoms with Crippen molar-refractivity contribution >= 4 is 17.0 Å². The average Bonchev–Trinajstić information content (AvgIpc) is 3.22. The Morgan fingerprint density at radius 2 is 2.16 bits per heavy atom. The van der Waals surface area contributed by atoms with Crippen molar-refractivity contribution < 1.29 is 9.90 Å². The summed E-state index contributed by atoms with van der Waals surface area (Å²) in [6.45, 7) is 2.22. The molecular formula is C16H18N6O3. The van der Waals surface area contributed by atoms with Crippen LogP contribution in [0.1, 0.15) is 49.0 Å². The maximum atomic E-state index is 12.6. The van der Waals surface area contributed by atoms with Crippen molar-refractivity contribution in [1.29, 1.82) is 0 Å². The van der Waals surface area contributed by atoms with Gasteiger partial charge in [0.25, 0.3) is 5.56 Å². The highest BCUT2D eigenvalue weighted by Crippen LogP contribution is 2.32. The van der Waals surface area contributed by atoms with Crippen molar-refractivity contribution in [3.63, 3.8) is 0 Å². The monoisotopic (exact) mass is 342 g/mol. The zero-order valence-electron chi connectivity index (χ0n) is 13.7. The minimum atomic E-state index is -1.09. The molecule has 9 heteroatoms. The van der Waals surface area contributed by atoms with Crippen LogP contribution in [0.2, 0.25) is 0 Å². The molecule has 4 rings (SSSR count). The first-order valence-electron chi connectivity index (χ1n) is 8.29. The Bertz CT molecular complexity index is 1000. The molecule has 0 spiro atoms. The number of nitrogens with one attached hydrogen (secondary N) is 1. The molecule has 1 aliphatic rings. The lowest BCUT2D eigenvalue weighted by Crippen LogP contribution is -2.22. The Hall–Kier alpha value is -2.97. The number of rotatable bonds is 3. The summed E-state index contributed by atoms with van der Waals surface area (Å²) < 4.78 is 3.02. The second-order valence-electron chi connectivity index (χ2n) is 6.62. The van der Waals surface area contributed by atoms with Crippen molar-refractivity contribution in [2.75, 3.05) is 0 Å². The fourth-order valence-corrected chi connectivity index (χ4v) is 3.52. The molecule has 25 heavy (non-hydrogen) atoms. The summed E-state index contributed by atoms with van der Waals surface area (Å²) in [6, 6.07) is 0.207. The van der Waals surface area contributed by atoms with Gasteiger partial charge in [-0.3, -0.25) is 14.5 Å². The molecule has 0 bridgehead atoms. The number of fused-ring (bicyclic) bond motifs is 1. The van der Waals surface area contributed by atoms with Crippen LogP contribution >= 0.6 is 0 Å². The summed E-state index contributed by atoms with van der Waals surface area (Å²) in [6.07, 6.45) is 8.43. The molecule has 2 atom stereocenters. The van der Waals surface area contributed by atoms with Crippen LogP contribution in [0.25, 0.3) is 17.0 Å². The Balaban J connectivity index is 1.76. The number of hydrogen-bond acceptors (Lipinski definition) is 5. The number of H-pyrrole nitrogens is 1. The van der Waals surface area contributed by atoms with Crippen LogP contribution in [-0.2, 0) is 0 Å². The van der Waals surface area contributed by atoms with E-state index in [1.54, 1.807) is 10.9 Å². The van der Waals surface area contributed by atoms with Gasteiger partial charge >= 0.3 is 5.97 Å². The molecule has 2 unspecified atom stereocenters. The molecule has 0 aliphatic heterocycles. The molecule has 3 heterocycles. The standard InChI is InChI=1S/C16H18N6O3/c1-9-3-2-4-11(5-9)22-13-12(7-18-22)19-16(20-14(13)23)21-8-10(6-17-21)15(24)25/h6-9,11H,2-5H2,1H3,(H,24,25)(H,19,20,23). The van der Waals surface area contributed by atoms with Crippen molar-refractivity contribution in [1.82, 2.24) is 29.5 Å². The van der Waals surface area contributed by atoms with Crippen molar-refractivity contribution in [2.24, 2.45) is 5.92 Å². The van der Waals surface area contributed by atoms with Crippen LogP contribution in [0.3, 0.4) is 0 Å². The lowest BCUT2D eigenvalue weighted by molar-refractivity contribution is 0.0697. The maximum absolute atomic E-state index is 12.6. The molecule has 1 aliphatic carbocycles. The first kappa shape index (κ1) is 15.6. The molecule has 9 nitrogen and oxygen atoms in total. The third-order valence-electron chi connectivity index (χ3n) is 4.74. The lowest BCUT2D eigenvalue weighted by atomic mass is 9.87. The van der Waals surface area contributed by atoms with Crippen molar-refractivity contribution in [3.8, 4) is 5.95 Å². The topological polar surface area (TPSA) is 119 Å². The molecule has 0 amide bonds. The quantitative estimate of drug-likeness (QED) is 0.748. The smallest absolute Gasteiger partial charge is 0.338 e. The van der Waals surface area contributed by atoms with E-state index in [-0.39, 0.29) is 23.1 Å². The van der Waals surface area contributed by atoms with Gasteiger partial charge in [0.1, 0.15) is 5.52 Å². The average molecular weight is 342 g/mol. The van der Waals surface area contributed by atoms with Gasteiger partial charge in [-0.25, -0.2) is 14.5 Å². The molecule has 130 valence electrons. The predicted octanol–water partition coefficient (Wildman–Crippen LogP) is 1.75. The van der Waals surface area contributed by atoms with Gasteiger partial charge in [0.2, 0.25) is 5.95 Å². The molecule has 1 fully saturated rings.